The van der Waals surface area contributed by atoms with Gasteiger partial charge < -0.3 is 4.74 Å². The Balaban J connectivity index is 1.84. The molecule has 0 unspecified atom stereocenters. The van der Waals surface area contributed by atoms with Crippen LogP contribution in [0.3, 0.4) is 0 Å². The topological polar surface area (TPSA) is 45.9 Å². The van der Waals surface area contributed by atoms with Crippen LogP contribution in [-0.2, 0) is 6.61 Å². The second kappa shape index (κ2) is 5.59. The molecule has 3 nitrogen and oxygen atoms in total. The fourth-order valence-electron chi connectivity index (χ4n) is 2.09. The summed E-state index contributed by atoms with van der Waals surface area (Å²) in [4.78, 5) is 4.30. The normalized spacial score (nSPS) is 10.3. The number of aromatic nitrogens is 1. The van der Waals surface area contributed by atoms with Crippen molar-refractivity contribution >= 4 is 10.8 Å². The van der Waals surface area contributed by atoms with Crippen molar-refractivity contribution in [3.05, 3.63) is 71.8 Å². The van der Waals surface area contributed by atoms with Crippen LogP contribution < -0.4 is 4.74 Å². The SMILES string of the molecule is N#Cc1c(F)cccc1OCc1cc2ccccc2cn1. The van der Waals surface area contributed by atoms with Crippen LogP contribution >= 0.6 is 0 Å². The molecule has 0 atom stereocenters. The molecule has 1 heterocycles. The van der Waals surface area contributed by atoms with Gasteiger partial charge in [0.2, 0.25) is 0 Å². The van der Waals surface area contributed by atoms with Crippen LogP contribution in [0.4, 0.5) is 4.39 Å². The second-order valence-electron chi connectivity index (χ2n) is 4.54. The number of hydrogen-bond donors (Lipinski definition) is 0. The standard InChI is InChI=1S/C17H11FN2O/c18-16-6-3-7-17(15(16)9-19)21-11-14-8-12-4-1-2-5-13(12)10-20-14/h1-8,10H,11H2. The van der Waals surface area contributed by atoms with Crippen molar-refractivity contribution in [3.63, 3.8) is 0 Å². The lowest BCUT2D eigenvalue weighted by atomic mass is 10.1. The third-order valence-corrected chi connectivity index (χ3v) is 3.15. The van der Waals surface area contributed by atoms with E-state index in [-0.39, 0.29) is 17.9 Å². The molecule has 0 aliphatic rings. The number of pyridine rings is 1. The highest BCUT2D eigenvalue weighted by Crippen LogP contribution is 2.22. The number of ether oxygens (including phenoxy) is 1. The van der Waals surface area contributed by atoms with Gasteiger partial charge in [-0.3, -0.25) is 4.98 Å². The van der Waals surface area contributed by atoms with E-state index in [4.69, 9.17) is 10.00 Å². The molecule has 0 N–H and O–H groups in total. The molecule has 4 heteroatoms. The first-order chi connectivity index (χ1) is 10.3. The fourth-order valence-corrected chi connectivity index (χ4v) is 2.09. The van der Waals surface area contributed by atoms with Crippen molar-refractivity contribution in [2.24, 2.45) is 0 Å². The van der Waals surface area contributed by atoms with E-state index in [1.807, 2.05) is 36.4 Å². The zero-order chi connectivity index (χ0) is 14.7. The minimum atomic E-state index is -0.582. The van der Waals surface area contributed by atoms with Crippen molar-refractivity contribution < 1.29 is 9.13 Å². The molecule has 0 radical (unpaired) electrons. The average molecular weight is 278 g/mol. The van der Waals surface area contributed by atoms with Crippen LogP contribution in [-0.4, -0.2) is 4.98 Å². The van der Waals surface area contributed by atoms with Crippen LogP contribution in [0, 0.1) is 17.1 Å². The summed E-state index contributed by atoms with van der Waals surface area (Å²) in [6.45, 7) is 0.183. The molecule has 3 rings (SSSR count). The van der Waals surface area contributed by atoms with Gasteiger partial charge in [-0.2, -0.15) is 5.26 Å². The molecule has 1 aromatic heterocycles. The van der Waals surface area contributed by atoms with E-state index in [0.717, 1.165) is 16.5 Å². The lowest BCUT2D eigenvalue weighted by Crippen LogP contribution is -2.00. The predicted molar refractivity (Wildman–Crippen MR) is 77.2 cm³/mol. The summed E-state index contributed by atoms with van der Waals surface area (Å²) in [5, 5.41) is 11.1. The van der Waals surface area contributed by atoms with Gasteiger partial charge in [0.25, 0.3) is 0 Å². The summed E-state index contributed by atoms with van der Waals surface area (Å²) >= 11 is 0. The van der Waals surface area contributed by atoms with Gasteiger partial charge in [0.05, 0.1) is 5.69 Å². The van der Waals surface area contributed by atoms with Gasteiger partial charge in [0, 0.05) is 11.6 Å². The van der Waals surface area contributed by atoms with E-state index in [9.17, 15) is 4.39 Å². The van der Waals surface area contributed by atoms with Crippen LogP contribution in [0.2, 0.25) is 0 Å². The Bertz CT molecular complexity index is 840. The van der Waals surface area contributed by atoms with Crippen molar-refractivity contribution in [3.8, 4) is 11.8 Å². The molecule has 0 saturated heterocycles. The molecule has 3 aromatic rings. The minimum Gasteiger partial charge on any atom is -0.486 e. The van der Waals surface area contributed by atoms with Crippen molar-refractivity contribution in [1.29, 1.82) is 5.26 Å². The van der Waals surface area contributed by atoms with Gasteiger partial charge in [0.15, 0.2) is 0 Å². The molecule has 0 spiro atoms. The lowest BCUT2D eigenvalue weighted by Gasteiger charge is -2.08. The number of hydrogen-bond acceptors (Lipinski definition) is 3. The molecule has 21 heavy (non-hydrogen) atoms. The van der Waals surface area contributed by atoms with Crippen molar-refractivity contribution in [1.82, 2.24) is 4.98 Å². The highest BCUT2D eigenvalue weighted by atomic mass is 19.1. The zero-order valence-electron chi connectivity index (χ0n) is 11.1. The maximum Gasteiger partial charge on any atom is 0.144 e. The summed E-state index contributed by atoms with van der Waals surface area (Å²) < 4.78 is 19.0. The van der Waals surface area contributed by atoms with E-state index in [2.05, 4.69) is 4.98 Å². The van der Waals surface area contributed by atoms with E-state index in [1.54, 1.807) is 12.3 Å². The predicted octanol–water partition coefficient (Wildman–Crippen LogP) is 3.82. The zero-order valence-corrected chi connectivity index (χ0v) is 11.1. The van der Waals surface area contributed by atoms with Crippen LogP contribution in [0.25, 0.3) is 10.8 Å². The second-order valence-corrected chi connectivity index (χ2v) is 4.54. The summed E-state index contributed by atoms with van der Waals surface area (Å²) in [5.74, 6) is -0.353. The maximum atomic E-state index is 13.5. The van der Waals surface area contributed by atoms with E-state index in [1.165, 1.54) is 12.1 Å². The summed E-state index contributed by atoms with van der Waals surface area (Å²) in [5.41, 5.74) is 0.639. The highest BCUT2D eigenvalue weighted by Gasteiger charge is 2.09. The third-order valence-electron chi connectivity index (χ3n) is 3.15. The summed E-state index contributed by atoms with van der Waals surface area (Å²) in [6.07, 6.45) is 1.77. The first-order valence-electron chi connectivity index (χ1n) is 6.43. The molecule has 0 saturated carbocycles. The van der Waals surface area contributed by atoms with Gasteiger partial charge >= 0.3 is 0 Å². The van der Waals surface area contributed by atoms with E-state index >= 15 is 0 Å². The Morgan fingerprint density at radius 3 is 2.71 bits per heavy atom. The van der Waals surface area contributed by atoms with E-state index in [0.29, 0.717) is 0 Å². The van der Waals surface area contributed by atoms with Crippen molar-refractivity contribution in [2.75, 3.05) is 0 Å². The average Bonchev–Trinajstić information content (AvgIpc) is 2.52. The molecule has 102 valence electrons. The molecular formula is C17H11FN2O. The summed E-state index contributed by atoms with van der Waals surface area (Å²) in [7, 11) is 0. The number of rotatable bonds is 3. The van der Waals surface area contributed by atoms with Gasteiger partial charge in [-0.05, 0) is 23.6 Å². The molecule has 0 fully saturated rings. The Kier molecular flexibility index (Phi) is 3.48. The molecule has 0 aliphatic carbocycles. The minimum absolute atomic E-state index is 0.0849. The van der Waals surface area contributed by atoms with Gasteiger partial charge in [-0.15, -0.1) is 0 Å². The molecular weight excluding hydrogens is 267 g/mol. The first-order valence-corrected chi connectivity index (χ1v) is 6.43. The number of halogens is 1. The van der Waals surface area contributed by atoms with Crippen LogP contribution in [0.15, 0.2) is 54.7 Å². The van der Waals surface area contributed by atoms with Crippen LogP contribution in [0.1, 0.15) is 11.3 Å². The fraction of sp³-hybridized carbons (Fsp3) is 0.0588. The van der Waals surface area contributed by atoms with E-state index < -0.39 is 5.82 Å². The monoisotopic (exact) mass is 278 g/mol. The quantitative estimate of drug-likeness (QED) is 0.731. The van der Waals surface area contributed by atoms with Gasteiger partial charge in [-0.25, -0.2) is 4.39 Å². The summed E-state index contributed by atoms with van der Waals surface area (Å²) in [6, 6.07) is 15.9. The van der Waals surface area contributed by atoms with Gasteiger partial charge in [0.1, 0.15) is 29.8 Å². The lowest BCUT2D eigenvalue weighted by molar-refractivity contribution is 0.299. The molecule has 0 aliphatic heterocycles. The molecule has 2 aromatic carbocycles. The highest BCUT2D eigenvalue weighted by molar-refractivity contribution is 5.81. The maximum absolute atomic E-state index is 13.5. The number of nitriles is 1. The number of fused-ring (bicyclic) bond motifs is 1. The molecule has 0 bridgehead atoms. The largest absolute Gasteiger partial charge is 0.486 e. The third kappa shape index (κ3) is 2.67. The van der Waals surface area contributed by atoms with Crippen LogP contribution in [0.5, 0.6) is 5.75 Å². The Morgan fingerprint density at radius 2 is 1.90 bits per heavy atom. The Hall–Kier alpha value is -2.93. The first kappa shape index (κ1) is 13.1. The number of benzene rings is 2. The number of nitrogens with zero attached hydrogens (tertiary/aromatic N) is 2. The van der Waals surface area contributed by atoms with Gasteiger partial charge in [-0.1, -0.05) is 30.3 Å². The molecule has 0 amide bonds. The Labute approximate surface area is 121 Å². The van der Waals surface area contributed by atoms with Crippen molar-refractivity contribution in [2.45, 2.75) is 6.61 Å². The Morgan fingerprint density at radius 1 is 1.10 bits per heavy atom. The smallest absolute Gasteiger partial charge is 0.144 e.